The summed E-state index contributed by atoms with van der Waals surface area (Å²) in [4.78, 5) is 24.3. The molecular formula is C26H35NO5S. The van der Waals surface area contributed by atoms with Gasteiger partial charge in [0.25, 0.3) is 0 Å². The van der Waals surface area contributed by atoms with E-state index < -0.39 is 5.41 Å². The molecule has 7 heteroatoms. The summed E-state index contributed by atoms with van der Waals surface area (Å²) in [5, 5.41) is 3.42. The van der Waals surface area contributed by atoms with E-state index in [1.165, 1.54) is 0 Å². The second-order valence-electron chi connectivity index (χ2n) is 8.96. The average Bonchev–Trinajstić information content (AvgIpc) is 2.73. The number of nitrogens with one attached hydrogen (secondary N) is 1. The van der Waals surface area contributed by atoms with Crippen LogP contribution in [0.2, 0.25) is 0 Å². The van der Waals surface area contributed by atoms with Crippen molar-refractivity contribution < 1.29 is 23.8 Å². The van der Waals surface area contributed by atoms with Gasteiger partial charge < -0.3 is 19.5 Å². The number of benzene rings is 2. The highest BCUT2D eigenvalue weighted by Gasteiger charge is 2.22. The molecule has 180 valence electrons. The van der Waals surface area contributed by atoms with Crippen molar-refractivity contribution in [2.24, 2.45) is 5.41 Å². The lowest BCUT2D eigenvalue weighted by Crippen LogP contribution is -2.27. The minimum Gasteiger partial charge on any atom is -0.493 e. The van der Waals surface area contributed by atoms with Crippen LogP contribution in [0.3, 0.4) is 0 Å². The highest BCUT2D eigenvalue weighted by atomic mass is 32.2. The van der Waals surface area contributed by atoms with Crippen LogP contribution in [-0.4, -0.2) is 30.8 Å². The highest BCUT2D eigenvalue weighted by molar-refractivity contribution is 7.99. The van der Waals surface area contributed by atoms with E-state index in [1.807, 2.05) is 45.0 Å². The largest absolute Gasteiger partial charge is 0.493 e. The molecule has 33 heavy (non-hydrogen) atoms. The first-order valence-electron chi connectivity index (χ1n) is 11.1. The molecule has 2 aromatic carbocycles. The van der Waals surface area contributed by atoms with E-state index >= 15 is 0 Å². The van der Waals surface area contributed by atoms with Crippen molar-refractivity contribution in [2.45, 2.75) is 59.0 Å². The molecule has 6 nitrogen and oxygen atoms in total. The minimum absolute atomic E-state index is 0.0491. The monoisotopic (exact) mass is 473 g/mol. The lowest BCUT2D eigenvalue weighted by molar-refractivity contribution is -0.142. The number of carbonyl (C=O) groups is 2. The van der Waals surface area contributed by atoms with Crippen LogP contribution in [-0.2, 0) is 26.5 Å². The minimum atomic E-state index is -0.491. The number of hydrogen-bond acceptors (Lipinski definition) is 6. The molecule has 0 unspecified atom stereocenters. The molecule has 0 fully saturated rings. The van der Waals surface area contributed by atoms with Crippen LogP contribution < -0.4 is 14.8 Å². The van der Waals surface area contributed by atoms with Crippen LogP contribution in [0.4, 0.5) is 5.69 Å². The summed E-state index contributed by atoms with van der Waals surface area (Å²) in [6.07, 6.45) is 0.155. The number of ether oxygens (including phenoxy) is 3. The van der Waals surface area contributed by atoms with Crippen LogP contribution >= 0.6 is 11.8 Å². The Morgan fingerprint density at radius 1 is 1.03 bits per heavy atom. The SMILES string of the molecule is CCOC(=O)Cc1ccc(OC)c(Oc2ccc(NC(=O)C(C)(C)C)cc2CSC(C)C)c1. The predicted octanol–water partition coefficient (Wildman–Crippen LogP) is 6.22. The van der Waals surface area contributed by atoms with Crippen LogP contribution in [0, 0.1) is 5.41 Å². The van der Waals surface area contributed by atoms with E-state index in [-0.39, 0.29) is 18.3 Å². The third kappa shape index (κ3) is 8.31. The molecule has 2 aromatic rings. The number of hydrogen-bond donors (Lipinski definition) is 1. The predicted molar refractivity (Wildman–Crippen MR) is 134 cm³/mol. The van der Waals surface area contributed by atoms with Gasteiger partial charge in [0.1, 0.15) is 5.75 Å². The third-order valence-electron chi connectivity index (χ3n) is 4.67. The van der Waals surface area contributed by atoms with Crippen molar-refractivity contribution in [3.8, 4) is 17.2 Å². The maximum atomic E-state index is 12.4. The molecule has 0 aliphatic carbocycles. The quantitative estimate of drug-likeness (QED) is 0.413. The van der Waals surface area contributed by atoms with Gasteiger partial charge in [-0.2, -0.15) is 11.8 Å². The van der Waals surface area contributed by atoms with Crippen molar-refractivity contribution in [1.82, 2.24) is 0 Å². The number of thioether (sulfide) groups is 1. The first kappa shape index (κ1) is 26.6. The van der Waals surface area contributed by atoms with Gasteiger partial charge in [-0.3, -0.25) is 9.59 Å². The highest BCUT2D eigenvalue weighted by Crippen LogP contribution is 2.37. The van der Waals surface area contributed by atoms with Crippen LogP contribution in [0.5, 0.6) is 17.2 Å². The number of rotatable bonds is 10. The van der Waals surface area contributed by atoms with Crippen molar-refractivity contribution in [3.05, 3.63) is 47.5 Å². The first-order valence-corrected chi connectivity index (χ1v) is 12.1. The molecule has 0 bridgehead atoms. The lowest BCUT2D eigenvalue weighted by atomic mass is 9.95. The molecule has 0 aliphatic rings. The molecule has 2 rings (SSSR count). The Kier molecular flexibility index (Phi) is 9.65. The number of anilines is 1. The maximum Gasteiger partial charge on any atom is 0.310 e. The Bertz CT molecular complexity index is 966. The second kappa shape index (κ2) is 12.0. The average molecular weight is 474 g/mol. The second-order valence-corrected chi connectivity index (χ2v) is 10.5. The normalized spacial score (nSPS) is 11.3. The molecular weight excluding hydrogens is 438 g/mol. The Hall–Kier alpha value is -2.67. The topological polar surface area (TPSA) is 73.9 Å². The van der Waals surface area contributed by atoms with Crippen molar-refractivity contribution in [3.63, 3.8) is 0 Å². The van der Waals surface area contributed by atoms with Gasteiger partial charge in [0.2, 0.25) is 5.91 Å². The van der Waals surface area contributed by atoms with Crippen molar-refractivity contribution >= 4 is 29.3 Å². The third-order valence-corrected chi connectivity index (χ3v) is 5.82. The van der Waals surface area contributed by atoms with Crippen molar-refractivity contribution in [2.75, 3.05) is 19.0 Å². The van der Waals surface area contributed by atoms with Crippen LogP contribution in [0.25, 0.3) is 0 Å². The Labute approximate surface area is 201 Å². The van der Waals surface area contributed by atoms with E-state index in [0.29, 0.717) is 29.1 Å². The van der Waals surface area contributed by atoms with E-state index in [2.05, 4.69) is 19.2 Å². The molecule has 0 radical (unpaired) electrons. The maximum absolute atomic E-state index is 12.4. The summed E-state index contributed by atoms with van der Waals surface area (Å²) in [5.41, 5.74) is 1.97. The lowest BCUT2D eigenvalue weighted by Gasteiger charge is -2.19. The van der Waals surface area contributed by atoms with E-state index in [0.717, 1.165) is 22.6 Å². The molecule has 0 spiro atoms. The zero-order valence-electron chi connectivity index (χ0n) is 20.6. The fourth-order valence-corrected chi connectivity index (χ4v) is 3.59. The molecule has 0 aromatic heterocycles. The van der Waals surface area contributed by atoms with Gasteiger partial charge >= 0.3 is 5.97 Å². The fraction of sp³-hybridized carbons (Fsp3) is 0.462. The molecule has 0 atom stereocenters. The molecule has 1 amide bonds. The van der Waals surface area contributed by atoms with Gasteiger partial charge in [-0.15, -0.1) is 0 Å². The standard InChI is InChI=1S/C26H35NO5S/c1-8-31-24(28)14-18-9-11-22(30-7)23(13-18)32-21-12-10-20(27-25(29)26(4,5)6)15-19(21)16-33-17(2)3/h9-13,15,17H,8,14,16H2,1-7H3,(H,27,29). The van der Waals surface area contributed by atoms with Gasteiger partial charge in [0.05, 0.1) is 20.1 Å². The van der Waals surface area contributed by atoms with Gasteiger partial charge in [0.15, 0.2) is 11.5 Å². The Balaban J connectivity index is 2.35. The molecule has 0 aliphatic heterocycles. The summed E-state index contributed by atoms with van der Waals surface area (Å²) in [5.74, 6) is 2.13. The van der Waals surface area contributed by atoms with E-state index in [1.54, 1.807) is 37.9 Å². The first-order chi connectivity index (χ1) is 15.5. The van der Waals surface area contributed by atoms with Gasteiger partial charge in [0, 0.05) is 22.4 Å². The number of methoxy groups -OCH3 is 1. The summed E-state index contributed by atoms with van der Waals surface area (Å²) < 4.78 is 16.8. The summed E-state index contributed by atoms with van der Waals surface area (Å²) >= 11 is 1.78. The zero-order chi connectivity index (χ0) is 24.6. The molecule has 0 heterocycles. The van der Waals surface area contributed by atoms with E-state index in [9.17, 15) is 9.59 Å². The van der Waals surface area contributed by atoms with Crippen LogP contribution in [0.1, 0.15) is 52.7 Å². The smallest absolute Gasteiger partial charge is 0.310 e. The molecule has 0 saturated heterocycles. The molecule has 0 saturated carbocycles. The summed E-state index contributed by atoms with van der Waals surface area (Å²) in [6.45, 7) is 12.0. The summed E-state index contributed by atoms with van der Waals surface area (Å²) in [7, 11) is 1.58. The fourth-order valence-electron chi connectivity index (χ4n) is 2.85. The zero-order valence-corrected chi connectivity index (χ0v) is 21.4. The number of amides is 1. The summed E-state index contributed by atoms with van der Waals surface area (Å²) in [6, 6.07) is 11.0. The van der Waals surface area contributed by atoms with Gasteiger partial charge in [-0.05, 0) is 48.1 Å². The van der Waals surface area contributed by atoms with Crippen molar-refractivity contribution in [1.29, 1.82) is 0 Å². The Morgan fingerprint density at radius 3 is 2.33 bits per heavy atom. The Morgan fingerprint density at radius 2 is 1.73 bits per heavy atom. The van der Waals surface area contributed by atoms with Gasteiger partial charge in [-0.1, -0.05) is 40.7 Å². The number of carbonyl (C=O) groups excluding carboxylic acids is 2. The molecule has 1 N–H and O–H groups in total. The van der Waals surface area contributed by atoms with Gasteiger partial charge in [-0.25, -0.2) is 0 Å². The van der Waals surface area contributed by atoms with E-state index in [4.69, 9.17) is 14.2 Å². The number of esters is 1. The van der Waals surface area contributed by atoms with Crippen LogP contribution in [0.15, 0.2) is 36.4 Å².